The number of rotatable bonds is 7. The van der Waals surface area contributed by atoms with Gasteiger partial charge in [0.1, 0.15) is 12.4 Å². The van der Waals surface area contributed by atoms with Gasteiger partial charge in [0, 0.05) is 22.7 Å². The lowest BCUT2D eigenvalue weighted by Gasteiger charge is -2.50. The van der Waals surface area contributed by atoms with Crippen LogP contribution in [0.25, 0.3) is 0 Å². The van der Waals surface area contributed by atoms with E-state index in [2.05, 4.69) is 10.4 Å². The molecule has 3 fully saturated rings. The van der Waals surface area contributed by atoms with Crippen LogP contribution in [0.3, 0.4) is 0 Å². The largest absolute Gasteiger partial charge is 0.491 e. The molecule has 2 N–H and O–H groups in total. The second kappa shape index (κ2) is 13.5. The average Bonchev–Trinajstić information content (AvgIpc) is 3.51. The number of likely N-dealkylation sites (tertiary alicyclic amines) is 1. The van der Waals surface area contributed by atoms with Crippen molar-refractivity contribution in [3.05, 3.63) is 99.2 Å². The molecule has 1 saturated carbocycles. The number of carbonyl (C=O) groups excluding carboxylic acids is 5. The monoisotopic (exact) mass is 772 g/mol. The number of aromatic nitrogens is 1. The van der Waals surface area contributed by atoms with Gasteiger partial charge in [-0.1, -0.05) is 65.2 Å². The van der Waals surface area contributed by atoms with Gasteiger partial charge in [0.05, 0.1) is 47.5 Å². The lowest BCUT2D eigenvalue weighted by atomic mass is 9.49. The van der Waals surface area contributed by atoms with E-state index >= 15 is 4.79 Å². The smallest absolute Gasteiger partial charge is 0.423 e. The number of methoxy groups -OCH3 is 1. The molecule has 6 atom stereocenters. The molecule has 3 aromatic rings. The first kappa shape index (κ1) is 36.4. The predicted octanol–water partition coefficient (Wildman–Crippen LogP) is 5.53. The van der Waals surface area contributed by atoms with Gasteiger partial charge in [-0.15, -0.1) is 0 Å². The molecule has 276 valence electrons. The zero-order chi connectivity index (χ0) is 38.0. The number of imide groups is 4. The highest BCUT2D eigenvalue weighted by molar-refractivity contribution is 6.33. The van der Waals surface area contributed by atoms with E-state index in [1.54, 1.807) is 54.6 Å². The van der Waals surface area contributed by atoms with Crippen LogP contribution in [0.15, 0.2) is 72.4 Å². The average molecular weight is 774 g/mol. The Morgan fingerprint density at radius 1 is 1.04 bits per heavy atom. The number of nitrogens with zero attached hydrogens (tertiary/aromatic N) is 3. The molecule has 0 bridgehead atoms. The Labute approximate surface area is 309 Å². The molecule has 5 amide bonds. The molecule has 4 aliphatic rings. The summed E-state index contributed by atoms with van der Waals surface area (Å²) in [4.78, 5) is 74.3. The first-order valence-electron chi connectivity index (χ1n) is 16.4. The molecular weight excluding hydrogens is 744 g/mol. The standard InChI is InChI=1S/C36H29Cl2F3N4O8/c1-52-34(51)44-30(47)22-11-10-20-23(27(22)32(44)49)15-24-31(48)45(43-29-25(38)14-18(16-42-29)36(39,40)41)33(50)35(24,17-6-8-19(37)9-7-17)28(20)21-4-2-3-5-26(21)53-13-12-46/h2-10,14,16,22-24,27-28,46H,11-13,15H2,1H3,(H,42,43). The molecule has 2 aliphatic heterocycles. The number of hydrogen-bond acceptors (Lipinski definition) is 10. The van der Waals surface area contributed by atoms with Crippen LogP contribution >= 0.6 is 23.2 Å². The maximum atomic E-state index is 15.3. The van der Waals surface area contributed by atoms with E-state index in [1.165, 1.54) is 0 Å². The van der Waals surface area contributed by atoms with Gasteiger partial charge >= 0.3 is 12.3 Å². The van der Waals surface area contributed by atoms with Gasteiger partial charge in [0.15, 0.2) is 5.82 Å². The third kappa shape index (κ3) is 5.63. The number of carbonyl (C=O) groups is 5. The minimum absolute atomic E-state index is 0.0152. The van der Waals surface area contributed by atoms with Gasteiger partial charge < -0.3 is 14.6 Å². The number of alkyl halides is 3. The summed E-state index contributed by atoms with van der Waals surface area (Å²) in [6, 6.07) is 13.5. The summed E-state index contributed by atoms with van der Waals surface area (Å²) in [5, 5.41) is 10.1. The fourth-order valence-corrected chi connectivity index (χ4v) is 8.74. The quantitative estimate of drug-likeness (QED) is 0.231. The first-order chi connectivity index (χ1) is 25.2. The van der Waals surface area contributed by atoms with Crippen LogP contribution in [-0.2, 0) is 35.5 Å². The summed E-state index contributed by atoms with van der Waals surface area (Å²) in [6.07, 6.45) is -3.80. The summed E-state index contributed by atoms with van der Waals surface area (Å²) < 4.78 is 51.0. The molecule has 2 aromatic carbocycles. The van der Waals surface area contributed by atoms with Crippen molar-refractivity contribution in [2.75, 3.05) is 25.7 Å². The fourth-order valence-electron chi connectivity index (χ4n) is 8.40. The van der Waals surface area contributed by atoms with Crippen molar-refractivity contribution in [2.45, 2.75) is 30.4 Å². The highest BCUT2D eigenvalue weighted by atomic mass is 35.5. The number of para-hydroxylation sites is 1. The van der Waals surface area contributed by atoms with E-state index in [1.807, 2.05) is 0 Å². The molecule has 3 heterocycles. The van der Waals surface area contributed by atoms with Crippen LogP contribution in [0, 0.1) is 23.7 Å². The normalized spacial score (nSPS) is 26.5. The van der Waals surface area contributed by atoms with Gasteiger partial charge in [-0.2, -0.15) is 23.1 Å². The number of ether oxygens (including phenoxy) is 2. The topological polar surface area (TPSA) is 155 Å². The summed E-state index contributed by atoms with van der Waals surface area (Å²) in [7, 11) is 1.04. The second-order valence-electron chi connectivity index (χ2n) is 13.0. The molecule has 12 nitrogen and oxygen atoms in total. The Balaban J connectivity index is 1.45. The number of hydrogen-bond donors (Lipinski definition) is 2. The number of hydrazine groups is 1. The van der Waals surface area contributed by atoms with E-state index in [4.69, 9.17) is 32.7 Å². The van der Waals surface area contributed by atoms with Gasteiger partial charge in [0.2, 0.25) is 11.8 Å². The van der Waals surface area contributed by atoms with E-state index in [0.29, 0.717) is 43.9 Å². The molecule has 6 unspecified atom stereocenters. The van der Waals surface area contributed by atoms with Crippen molar-refractivity contribution in [3.8, 4) is 5.75 Å². The second-order valence-corrected chi connectivity index (χ2v) is 13.9. The molecule has 0 spiro atoms. The molecular formula is C36H29Cl2F3N4O8. The number of halogens is 5. The van der Waals surface area contributed by atoms with Crippen LogP contribution in [-0.4, -0.2) is 70.0 Å². The summed E-state index contributed by atoms with van der Waals surface area (Å²) in [5.41, 5.74) is 0.881. The van der Waals surface area contributed by atoms with E-state index < -0.39 is 87.3 Å². The molecule has 2 aliphatic carbocycles. The molecule has 53 heavy (non-hydrogen) atoms. The number of benzene rings is 2. The van der Waals surface area contributed by atoms with Crippen LogP contribution < -0.4 is 10.2 Å². The number of amides is 5. The Kier molecular flexibility index (Phi) is 9.23. The first-order valence-corrected chi connectivity index (χ1v) is 17.1. The minimum Gasteiger partial charge on any atom is -0.491 e. The Bertz CT molecular complexity index is 2080. The number of anilines is 1. The number of nitrogens with one attached hydrogen (secondary N) is 1. The number of allylic oxidation sites excluding steroid dienone is 2. The summed E-state index contributed by atoms with van der Waals surface area (Å²) in [6.45, 7) is -0.483. The molecule has 17 heteroatoms. The lowest BCUT2D eigenvalue weighted by molar-refractivity contribution is -0.140. The van der Waals surface area contributed by atoms with E-state index in [0.717, 1.165) is 7.11 Å². The predicted molar refractivity (Wildman–Crippen MR) is 180 cm³/mol. The minimum atomic E-state index is -4.77. The maximum absolute atomic E-state index is 15.3. The van der Waals surface area contributed by atoms with Crippen LogP contribution in [0.1, 0.15) is 35.4 Å². The lowest BCUT2D eigenvalue weighted by Crippen LogP contribution is -2.53. The zero-order valence-corrected chi connectivity index (χ0v) is 29.1. The molecule has 7 rings (SSSR count). The number of pyridine rings is 1. The zero-order valence-electron chi connectivity index (χ0n) is 27.6. The molecule has 1 aromatic heterocycles. The summed E-state index contributed by atoms with van der Waals surface area (Å²) in [5.74, 6) is -8.61. The van der Waals surface area contributed by atoms with Crippen molar-refractivity contribution in [1.29, 1.82) is 0 Å². The third-order valence-corrected chi connectivity index (χ3v) is 11.0. The summed E-state index contributed by atoms with van der Waals surface area (Å²) >= 11 is 12.5. The van der Waals surface area contributed by atoms with Crippen LogP contribution in [0.4, 0.5) is 23.8 Å². The van der Waals surface area contributed by atoms with Gasteiger partial charge in [-0.25, -0.2) is 9.78 Å². The number of fused-ring (bicyclic) bond motifs is 4. The van der Waals surface area contributed by atoms with E-state index in [-0.39, 0.29) is 31.8 Å². The Hall–Kier alpha value is -4.99. The maximum Gasteiger partial charge on any atom is 0.423 e. The molecule has 0 radical (unpaired) electrons. The Morgan fingerprint density at radius 2 is 1.75 bits per heavy atom. The fraction of sp³-hybridized carbons (Fsp3) is 0.333. The van der Waals surface area contributed by atoms with Crippen molar-refractivity contribution in [3.63, 3.8) is 0 Å². The highest BCUT2D eigenvalue weighted by Gasteiger charge is 2.71. The number of aliphatic hydroxyl groups is 1. The van der Waals surface area contributed by atoms with Gasteiger partial charge in [-0.05, 0) is 48.6 Å². The van der Waals surface area contributed by atoms with Crippen molar-refractivity contribution in [2.24, 2.45) is 23.7 Å². The van der Waals surface area contributed by atoms with E-state index in [9.17, 15) is 37.5 Å². The van der Waals surface area contributed by atoms with Crippen molar-refractivity contribution < 1.29 is 51.7 Å². The molecule has 2 saturated heterocycles. The SMILES string of the molecule is COC(=O)N1C(=O)C2CC=C3C(CC4C(=O)N(Nc5ncc(C(F)(F)F)cc5Cl)C(=O)C4(c4ccc(Cl)cc4)C3c3ccccc3OCCO)C2C1=O. The van der Waals surface area contributed by atoms with Crippen molar-refractivity contribution in [1.82, 2.24) is 14.9 Å². The third-order valence-electron chi connectivity index (χ3n) is 10.5. The van der Waals surface area contributed by atoms with Crippen LogP contribution in [0.2, 0.25) is 10.0 Å². The Morgan fingerprint density at radius 3 is 2.42 bits per heavy atom. The van der Waals surface area contributed by atoms with Crippen molar-refractivity contribution >= 4 is 58.7 Å². The van der Waals surface area contributed by atoms with Gasteiger partial charge in [0.25, 0.3) is 11.8 Å². The van der Waals surface area contributed by atoms with Gasteiger partial charge in [-0.3, -0.25) is 24.6 Å². The van der Waals surface area contributed by atoms with Crippen LogP contribution in [0.5, 0.6) is 5.75 Å². The number of aliphatic hydroxyl groups excluding tert-OH is 1. The highest BCUT2D eigenvalue weighted by Crippen LogP contribution is 2.65.